The van der Waals surface area contributed by atoms with Crippen molar-refractivity contribution in [3.63, 3.8) is 0 Å². The molecule has 0 aliphatic heterocycles. The highest BCUT2D eigenvalue weighted by Crippen LogP contribution is 2.65. The monoisotopic (exact) mass is 320 g/mol. The smallest absolute Gasteiger partial charge is 0.159 e. The van der Waals surface area contributed by atoms with Crippen LogP contribution in [0.3, 0.4) is 0 Å². The molecule has 4 aliphatic carbocycles. The van der Waals surface area contributed by atoms with Gasteiger partial charge in [-0.05, 0) is 67.9 Å². The average molecular weight is 320 g/mol. The van der Waals surface area contributed by atoms with Crippen LogP contribution in [0.4, 0.5) is 0 Å². The zero-order valence-corrected chi connectivity index (χ0v) is 14.1. The third-order valence-corrected chi connectivity index (χ3v) is 7.91. The van der Waals surface area contributed by atoms with E-state index in [1.54, 1.807) is 6.08 Å². The molecule has 7 unspecified atom stereocenters. The Morgan fingerprint density at radius 1 is 1.09 bits per heavy atom. The van der Waals surface area contributed by atoms with Crippen LogP contribution in [0, 0.1) is 22.7 Å². The Morgan fingerprint density at radius 3 is 2.57 bits per heavy atom. The number of ketones is 1. The summed E-state index contributed by atoms with van der Waals surface area (Å²) >= 11 is 0. The minimum Gasteiger partial charge on any atom is -0.390 e. The molecule has 7 atom stereocenters. The number of hydrogen-bond donors (Lipinski definition) is 3. The van der Waals surface area contributed by atoms with Crippen molar-refractivity contribution < 1.29 is 20.1 Å². The molecule has 0 aromatic carbocycles. The summed E-state index contributed by atoms with van der Waals surface area (Å²) in [6.07, 6.45) is 5.62. The van der Waals surface area contributed by atoms with E-state index in [1.165, 1.54) is 0 Å². The minimum atomic E-state index is -0.861. The SMILES string of the molecule is CC12CC(O)C(O)CC1C(=O)C=C1C2CCC2(C)CCCC12O. The lowest BCUT2D eigenvalue weighted by Crippen LogP contribution is -2.59. The third kappa shape index (κ3) is 1.86. The van der Waals surface area contributed by atoms with Crippen LogP contribution in [0.2, 0.25) is 0 Å². The second-order valence-electron chi connectivity index (χ2n) is 9.00. The first-order chi connectivity index (χ1) is 10.7. The molecule has 0 spiro atoms. The molecule has 23 heavy (non-hydrogen) atoms. The molecule has 4 nitrogen and oxygen atoms in total. The molecule has 0 heterocycles. The van der Waals surface area contributed by atoms with E-state index in [-0.39, 0.29) is 28.4 Å². The van der Waals surface area contributed by atoms with Crippen molar-refractivity contribution in [1.82, 2.24) is 0 Å². The molecule has 0 aromatic heterocycles. The van der Waals surface area contributed by atoms with Crippen molar-refractivity contribution in [1.29, 1.82) is 0 Å². The molecule has 0 amide bonds. The van der Waals surface area contributed by atoms with E-state index in [4.69, 9.17) is 0 Å². The minimum absolute atomic E-state index is 0.0364. The van der Waals surface area contributed by atoms with E-state index in [2.05, 4.69) is 13.8 Å². The summed E-state index contributed by atoms with van der Waals surface area (Å²) in [6.45, 7) is 4.25. The van der Waals surface area contributed by atoms with Crippen LogP contribution in [0.25, 0.3) is 0 Å². The van der Waals surface area contributed by atoms with Crippen LogP contribution >= 0.6 is 0 Å². The van der Waals surface area contributed by atoms with Crippen molar-refractivity contribution in [3.8, 4) is 0 Å². The standard InChI is InChI=1S/C19H28O4/c1-17-5-3-6-19(17,23)12-8-14(20)13-9-15(21)16(22)10-18(13,2)11(12)4-7-17/h8,11,13,15-16,21-23H,3-7,9-10H2,1-2H3. The van der Waals surface area contributed by atoms with Crippen LogP contribution in [-0.4, -0.2) is 38.9 Å². The number of hydrogen-bond acceptors (Lipinski definition) is 4. The molecule has 0 bridgehead atoms. The largest absolute Gasteiger partial charge is 0.390 e. The van der Waals surface area contributed by atoms with Gasteiger partial charge in [-0.25, -0.2) is 0 Å². The summed E-state index contributed by atoms with van der Waals surface area (Å²) in [7, 11) is 0. The van der Waals surface area contributed by atoms with Crippen molar-refractivity contribution in [2.45, 2.75) is 76.6 Å². The Bertz CT molecular complexity index is 584. The fourth-order valence-electron chi connectivity index (χ4n) is 6.36. The molecule has 0 aromatic rings. The summed E-state index contributed by atoms with van der Waals surface area (Å²) in [5.74, 6) is -0.0539. The fourth-order valence-corrected chi connectivity index (χ4v) is 6.36. The molecule has 4 heteroatoms. The van der Waals surface area contributed by atoms with Gasteiger partial charge in [-0.3, -0.25) is 4.79 Å². The van der Waals surface area contributed by atoms with Gasteiger partial charge in [0.05, 0.1) is 17.8 Å². The van der Waals surface area contributed by atoms with Crippen molar-refractivity contribution in [2.75, 3.05) is 0 Å². The molecule has 128 valence electrons. The van der Waals surface area contributed by atoms with E-state index in [9.17, 15) is 20.1 Å². The number of aliphatic hydroxyl groups is 3. The molecule has 4 aliphatic rings. The first kappa shape index (κ1) is 15.8. The number of aliphatic hydroxyl groups excluding tert-OH is 2. The topological polar surface area (TPSA) is 77.8 Å². The molecule has 3 saturated carbocycles. The van der Waals surface area contributed by atoms with Gasteiger partial charge in [-0.15, -0.1) is 0 Å². The van der Waals surface area contributed by atoms with E-state index in [0.29, 0.717) is 12.8 Å². The zero-order valence-electron chi connectivity index (χ0n) is 14.1. The van der Waals surface area contributed by atoms with Crippen LogP contribution in [-0.2, 0) is 4.79 Å². The van der Waals surface area contributed by atoms with Gasteiger partial charge in [0.2, 0.25) is 0 Å². The molecule has 3 N–H and O–H groups in total. The maximum Gasteiger partial charge on any atom is 0.159 e. The number of carbonyl (C=O) groups is 1. The Morgan fingerprint density at radius 2 is 1.83 bits per heavy atom. The number of allylic oxidation sites excluding steroid dienone is 1. The molecular weight excluding hydrogens is 292 g/mol. The second-order valence-corrected chi connectivity index (χ2v) is 9.00. The first-order valence-corrected chi connectivity index (χ1v) is 9.06. The van der Waals surface area contributed by atoms with Crippen LogP contribution in [0.1, 0.15) is 58.8 Å². The third-order valence-electron chi connectivity index (χ3n) is 7.91. The summed E-state index contributed by atoms with van der Waals surface area (Å²) in [5.41, 5.74) is -0.401. The first-order valence-electron chi connectivity index (χ1n) is 9.06. The highest BCUT2D eigenvalue weighted by atomic mass is 16.3. The Labute approximate surface area is 137 Å². The predicted octanol–water partition coefficient (Wildman–Crippen LogP) is 1.96. The van der Waals surface area contributed by atoms with E-state index < -0.39 is 17.8 Å². The zero-order chi connectivity index (χ0) is 16.6. The van der Waals surface area contributed by atoms with E-state index in [1.807, 2.05) is 0 Å². The van der Waals surface area contributed by atoms with Gasteiger partial charge >= 0.3 is 0 Å². The maximum atomic E-state index is 12.8. The van der Waals surface area contributed by atoms with Gasteiger partial charge in [0.25, 0.3) is 0 Å². The van der Waals surface area contributed by atoms with Crippen LogP contribution in [0.5, 0.6) is 0 Å². The van der Waals surface area contributed by atoms with Crippen molar-refractivity contribution >= 4 is 5.78 Å². The lowest BCUT2D eigenvalue weighted by atomic mass is 9.47. The lowest BCUT2D eigenvalue weighted by Gasteiger charge is -2.59. The Kier molecular flexibility index (Phi) is 3.21. The van der Waals surface area contributed by atoms with Gasteiger partial charge in [0, 0.05) is 11.3 Å². The average Bonchev–Trinajstić information content (AvgIpc) is 2.78. The Hall–Kier alpha value is -0.710. The van der Waals surface area contributed by atoms with Crippen LogP contribution < -0.4 is 0 Å². The molecular formula is C19H28O4. The number of carbonyl (C=O) groups excluding carboxylic acids is 1. The van der Waals surface area contributed by atoms with Gasteiger partial charge in [-0.2, -0.15) is 0 Å². The highest BCUT2D eigenvalue weighted by Gasteiger charge is 2.63. The molecule has 0 saturated heterocycles. The van der Waals surface area contributed by atoms with Crippen molar-refractivity contribution in [2.24, 2.45) is 22.7 Å². The van der Waals surface area contributed by atoms with Gasteiger partial charge in [0.1, 0.15) is 0 Å². The van der Waals surface area contributed by atoms with Gasteiger partial charge in [0.15, 0.2) is 5.78 Å². The van der Waals surface area contributed by atoms with Gasteiger partial charge in [-0.1, -0.05) is 13.8 Å². The summed E-state index contributed by atoms with van der Waals surface area (Å²) < 4.78 is 0. The molecule has 3 fully saturated rings. The Balaban J connectivity index is 1.81. The van der Waals surface area contributed by atoms with Crippen molar-refractivity contribution in [3.05, 3.63) is 11.6 Å². The quantitative estimate of drug-likeness (QED) is 0.638. The summed E-state index contributed by atoms with van der Waals surface area (Å²) in [6, 6.07) is 0. The highest BCUT2D eigenvalue weighted by molar-refractivity contribution is 5.95. The van der Waals surface area contributed by atoms with Crippen LogP contribution in [0.15, 0.2) is 11.6 Å². The second kappa shape index (κ2) is 4.68. The normalized spacial score (nSPS) is 55.7. The maximum absolute atomic E-state index is 12.8. The number of fused-ring (bicyclic) bond motifs is 5. The fraction of sp³-hybridized carbons (Fsp3) is 0.842. The predicted molar refractivity (Wildman–Crippen MR) is 85.6 cm³/mol. The lowest BCUT2D eigenvalue weighted by molar-refractivity contribution is -0.150. The summed E-state index contributed by atoms with van der Waals surface area (Å²) in [4.78, 5) is 12.8. The summed E-state index contributed by atoms with van der Waals surface area (Å²) in [5, 5.41) is 31.7. The van der Waals surface area contributed by atoms with E-state index in [0.717, 1.165) is 37.7 Å². The van der Waals surface area contributed by atoms with Gasteiger partial charge < -0.3 is 15.3 Å². The molecule has 4 rings (SSSR count). The molecule has 0 radical (unpaired) electrons. The number of rotatable bonds is 0. The van der Waals surface area contributed by atoms with E-state index >= 15 is 0 Å².